The zero-order chi connectivity index (χ0) is 19.2. The van der Waals surface area contributed by atoms with Crippen LogP contribution in [0.25, 0.3) is 0 Å². The highest BCUT2D eigenvalue weighted by molar-refractivity contribution is 6.35. The second-order valence-electron chi connectivity index (χ2n) is 7.29. The molecule has 0 radical (unpaired) electrons. The first-order valence-corrected chi connectivity index (χ1v) is 10.4. The van der Waals surface area contributed by atoms with E-state index in [1.807, 2.05) is 36.4 Å². The van der Waals surface area contributed by atoms with Crippen LogP contribution in [-0.4, -0.2) is 11.6 Å². The van der Waals surface area contributed by atoms with Gasteiger partial charge >= 0.3 is 0 Å². The van der Waals surface area contributed by atoms with Crippen molar-refractivity contribution in [1.82, 2.24) is 0 Å². The van der Waals surface area contributed by atoms with Crippen molar-refractivity contribution in [2.75, 3.05) is 0 Å². The van der Waals surface area contributed by atoms with E-state index < -0.39 is 0 Å². The minimum absolute atomic E-state index is 0.0430. The van der Waals surface area contributed by atoms with Gasteiger partial charge < -0.3 is 0 Å². The van der Waals surface area contributed by atoms with Crippen LogP contribution in [-0.2, 0) is 4.79 Å². The van der Waals surface area contributed by atoms with E-state index in [2.05, 4.69) is 0 Å². The Kier molecular flexibility index (Phi) is 7.09. The van der Waals surface area contributed by atoms with Gasteiger partial charge in [-0.25, -0.2) is 0 Å². The molecular formula is C23H24Cl2O2. The summed E-state index contributed by atoms with van der Waals surface area (Å²) in [4.78, 5) is 25.8. The van der Waals surface area contributed by atoms with Gasteiger partial charge in [-0.05, 0) is 30.5 Å². The molecule has 2 atom stereocenters. The molecule has 0 aliphatic heterocycles. The third-order valence-corrected chi connectivity index (χ3v) is 6.01. The summed E-state index contributed by atoms with van der Waals surface area (Å²) in [6.45, 7) is 0. The molecule has 142 valence electrons. The number of Topliss-reactive ketones (excluding diaryl/α,β-unsaturated/α-hetero) is 2. The van der Waals surface area contributed by atoms with E-state index in [1.54, 1.807) is 12.1 Å². The van der Waals surface area contributed by atoms with E-state index in [0.717, 1.165) is 37.7 Å². The van der Waals surface area contributed by atoms with E-state index in [-0.39, 0.29) is 29.8 Å². The Bertz CT molecular complexity index is 801. The smallest absolute Gasteiger partial charge is 0.163 e. The molecule has 0 N–H and O–H groups in total. The number of rotatable bonds is 5. The Morgan fingerprint density at radius 2 is 1.74 bits per heavy atom. The normalized spacial score (nSPS) is 19.2. The Labute approximate surface area is 170 Å². The lowest BCUT2D eigenvalue weighted by Gasteiger charge is -2.28. The quantitative estimate of drug-likeness (QED) is 0.510. The van der Waals surface area contributed by atoms with Gasteiger partial charge in [-0.1, -0.05) is 78.9 Å². The molecule has 2 aromatic carbocycles. The third-order valence-electron chi connectivity index (χ3n) is 5.45. The van der Waals surface area contributed by atoms with Gasteiger partial charge in [0.1, 0.15) is 5.78 Å². The number of carbonyl (C=O) groups is 2. The summed E-state index contributed by atoms with van der Waals surface area (Å²) < 4.78 is 0. The fourth-order valence-corrected chi connectivity index (χ4v) is 4.55. The van der Waals surface area contributed by atoms with Gasteiger partial charge in [0, 0.05) is 40.3 Å². The number of ketones is 2. The van der Waals surface area contributed by atoms with E-state index >= 15 is 0 Å². The predicted octanol–water partition coefficient (Wildman–Crippen LogP) is 6.89. The molecule has 1 fully saturated rings. The van der Waals surface area contributed by atoms with Crippen molar-refractivity contribution in [3.8, 4) is 0 Å². The number of hydrogen-bond acceptors (Lipinski definition) is 2. The van der Waals surface area contributed by atoms with Gasteiger partial charge in [0.15, 0.2) is 5.78 Å². The molecular weight excluding hydrogens is 379 g/mol. The number of benzene rings is 2. The molecule has 2 aromatic rings. The summed E-state index contributed by atoms with van der Waals surface area (Å²) in [7, 11) is 0. The molecule has 0 heterocycles. The topological polar surface area (TPSA) is 34.1 Å². The lowest BCUT2D eigenvalue weighted by Crippen LogP contribution is -2.26. The molecule has 0 aromatic heterocycles. The molecule has 1 aliphatic rings. The van der Waals surface area contributed by atoms with Gasteiger partial charge in [0.05, 0.1) is 0 Å². The van der Waals surface area contributed by atoms with Crippen molar-refractivity contribution in [2.24, 2.45) is 5.92 Å². The summed E-state index contributed by atoms with van der Waals surface area (Å²) in [5.41, 5.74) is 1.52. The second-order valence-corrected chi connectivity index (χ2v) is 8.13. The second kappa shape index (κ2) is 9.52. The largest absolute Gasteiger partial charge is 0.299 e. The summed E-state index contributed by atoms with van der Waals surface area (Å²) >= 11 is 12.6. The Hall–Kier alpha value is -1.64. The number of halogens is 2. The van der Waals surface area contributed by atoms with Crippen LogP contribution in [0.2, 0.25) is 10.0 Å². The SMILES string of the molecule is O=C(CC(c1ccc(Cl)cc1Cl)C1CCCCCCC1=O)c1ccccc1. The Balaban J connectivity index is 1.94. The highest BCUT2D eigenvalue weighted by Crippen LogP contribution is 2.39. The molecule has 2 nitrogen and oxygen atoms in total. The van der Waals surface area contributed by atoms with Crippen molar-refractivity contribution >= 4 is 34.8 Å². The van der Waals surface area contributed by atoms with Gasteiger partial charge in [-0.2, -0.15) is 0 Å². The lowest BCUT2D eigenvalue weighted by atomic mass is 9.75. The van der Waals surface area contributed by atoms with Gasteiger partial charge in [-0.15, -0.1) is 0 Å². The third kappa shape index (κ3) is 5.21. The zero-order valence-corrected chi connectivity index (χ0v) is 16.8. The number of hydrogen-bond donors (Lipinski definition) is 0. The van der Waals surface area contributed by atoms with Gasteiger partial charge in [0.2, 0.25) is 0 Å². The molecule has 4 heteroatoms. The zero-order valence-electron chi connectivity index (χ0n) is 15.3. The maximum absolute atomic E-state index is 12.9. The summed E-state index contributed by atoms with van der Waals surface area (Å²) in [5.74, 6) is -0.0854. The first kappa shape index (κ1) is 20.1. The maximum atomic E-state index is 12.9. The monoisotopic (exact) mass is 402 g/mol. The minimum atomic E-state index is -0.215. The first-order chi connectivity index (χ1) is 13.1. The average molecular weight is 403 g/mol. The molecule has 0 bridgehead atoms. The standard InChI is InChI=1S/C23H24Cl2O2/c24-17-12-13-18(21(25)14-17)20(15-23(27)16-8-4-3-5-9-16)19-10-6-1-2-7-11-22(19)26/h3-5,8-9,12-14,19-20H,1-2,6-7,10-11,15H2. The highest BCUT2D eigenvalue weighted by atomic mass is 35.5. The molecule has 0 saturated heterocycles. The van der Waals surface area contributed by atoms with E-state index in [4.69, 9.17) is 23.2 Å². The van der Waals surface area contributed by atoms with Crippen LogP contribution < -0.4 is 0 Å². The van der Waals surface area contributed by atoms with Crippen LogP contribution in [0.3, 0.4) is 0 Å². The first-order valence-electron chi connectivity index (χ1n) is 9.62. The van der Waals surface area contributed by atoms with E-state index in [0.29, 0.717) is 22.0 Å². The van der Waals surface area contributed by atoms with Crippen LogP contribution in [0.5, 0.6) is 0 Å². The predicted molar refractivity (Wildman–Crippen MR) is 111 cm³/mol. The molecule has 1 saturated carbocycles. The summed E-state index contributed by atoms with van der Waals surface area (Å²) in [5, 5.41) is 1.09. The van der Waals surface area contributed by atoms with Crippen LogP contribution in [0.4, 0.5) is 0 Å². The maximum Gasteiger partial charge on any atom is 0.163 e. The van der Waals surface area contributed by atoms with E-state index in [1.165, 1.54) is 0 Å². The van der Waals surface area contributed by atoms with Crippen molar-refractivity contribution in [2.45, 2.75) is 50.9 Å². The fourth-order valence-electron chi connectivity index (χ4n) is 4.00. The summed E-state index contributed by atoms with van der Waals surface area (Å²) in [6, 6.07) is 14.6. The van der Waals surface area contributed by atoms with Crippen LogP contribution in [0, 0.1) is 5.92 Å². The van der Waals surface area contributed by atoms with E-state index in [9.17, 15) is 9.59 Å². The molecule has 27 heavy (non-hydrogen) atoms. The van der Waals surface area contributed by atoms with Gasteiger partial charge in [-0.3, -0.25) is 9.59 Å². The minimum Gasteiger partial charge on any atom is -0.299 e. The Morgan fingerprint density at radius 3 is 2.48 bits per heavy atom. The molecule has 3 rings (SSSR count). The van der Waals surface area contributed by atoms with Crippen molar-refractivity contribution in [3.05, 3.63) is 69.7 Å². The van der Waals surface area contributed by atoms with Crippen molar-refractivity contribution in [3.63, 3.8) is 0 Å². The molecule has 2 unspecified atom stereocenters. The van der Waals surface area contributed by atoms with Gasteiger partial charge in [0.25, 0.3) is 0 Å². The van der Waals surface area contributed by atoms with Crippen LogP contribution in [0.1, 0.15) is 66.8 Å². The van der Waals surface area contributed by atoms with Crippen LogP contribution >= 0.6 is 23.2 Å². The lowest BCUT2D eigenvalue weighted by molar-refractivity contribution is -0.124. The Morgan fingerprint density at radius 1 is 1.00 bits per heavy atom. The average Bonchev–Trinajstić information content (AvgIpc) is 2.65. The molecule has 0 amide bonds. The molecule has 1 aliphatic carbocycles. The fraction of sp³-hybridized carbons (Fsp3) is 0.391. The highest BCUT2D eigenvalue weighted by Gasteiger charge is 2.32. The van der Waals surface area contributed by atoms with Crippen molar-refractivity contribution < 1.29 is 9.59 Å². The summed E-state index contributed by atoms with van der Waals surface area (Å²) in [6.07, 6.45) is 5.87. The van der Waals surface area contributed by atoms with Crippen LogP contribution in [0.15, 0.2) is 48.5 Å². The number of carbonyl (C=O) groups excluding carboxylic acids is 2. The van der Waals surface area contributed by atoms with Crippen molar-refractivity contribution in [1.29, 1.82) is 0 Å². The molecule has 0 spiro atoms.